The van der Waals surface area contributed by atoms with E-state index >= 15 is 0 Å². The molecular formula is C12H14BrCl. The minimum Gasteiger partial charge on any atom is -0.0843 e. The number of hydrogen-bond acceptors (Lipinski definition) is 0. The lowest BCUT2D eigenvalue weighted by molar-refractivity contribution is 0.673. The first-order valence-electron chi connectivity index (χ1n) is 5.12. The van der Waals surface area contributed by atoms with Crippen LogP contribution in [0.2, 0.25) is 5.02 Å². The zero-order chi connectivity index (χ0) is 10.1. The van der Waals surface area contributed by atoms with Crippen molar-refractivity contribution in [3.05, 3.63) is 34.9 Å². The highest BCUT2D eigenvalue weighted by Gasteiger charge is 2.40. The van der Waals surface area contributed by atoms with E-state index in [2.05, 4.69) is 35.0 Å². The summed E-state index contributed by atoms with van der Waals surface area (Å²) >= 11 is 9.63. The average Bonchev–Trinajstić information content (AvgIpc) is 2.97. The molecule has 1 aliphatic rings. The van der Waals surface area contributed by atoms with Crippen molar-refractivity contribution in [3.63, 3.8) is 0 Å². The molecule has 0 amide bonds. The molecule has 0 aliphatic heterocycles. The standard InChI is InChI=1S/C12H14BrCl/c1-2-8-7-11(8)12(13)9-3-5-10(14)6-4-9/h3-6,8,11-12H,2,7H2,1H3. The Morgan fingerprint density at radius 2 is 2.07 bits per heavy atom. The van der Waals surface area contributed by atoms with Gasteiger partial charge in [0.05, 0.1) is 0 Å². The molecule has 0 spiro atoms. The molecule has 0 saturated heterocycles. The molecule has 0 bridgehead atoms. The van der Waals surface area contributed by atoms with Gasteiger partial charge < -0.3 is 0 Å². The molecule has 3 unspecified atom stereocenters. The lowest BCUT2D eigenvalue weighted by Gasteiger charge is -2.09. The zero-order valence-corrected chi connectivity index (χ0v) is 10.6. The van der Waals surface area contributed by atoms with Crippen LogP contribution in [0.15, 0.2) is 24.3 Å². The van der Waals surface area contributed by atoms with Gasteiger partial charge in [0, 0.05) is 9.85 Å². The maximum Gasteiger partial charge on any atom is 0.0426 e. The molecule has 1 aromatic rings. The summed E-state index contributed by atoms with van der Waals surface area (Å²) in [7, 11) is 0. The molecule has 0 radical (unpaired) electrons. The van der Waals surface area contributed by atoms with E-state index in [9.17, 15) is 0 Å². The van der Waals surface area contributed by atoms with Crippen molar-refractivity contribution in [2.45, 2.75) is 24.6 Å². The quantitative estimate of drug-likeness (QED) is 0.693. The van der Waals surface area contributed by atoms with Crippen LogP contribution in [0, 0.1) is 11.8 Å². The normalized spacial score (nSPS) is 27.4. The predicted molar refractivity (Wildman–Crippen MR) is 65.0 cm³/mol. The van der Waals surface area contributed by atoms with E-state index in [1.807, 2.05) is 12.1 Å². The highest BCUT2D eigenvalue weighted by Crippen LogP contribution is 2.52. The molecule has 1 aliphatic carbocycles. The molecule has 0 nitrogen and oxygen atoms in total. The molecule has 2 rings (SSSR count). The van der Waals surface area contributed by atoms with Gasteiger partial charge in [0.15, 0.2) is 0 Å². The third-order valence-corrected chi connectivity index (χ3v) is 4.53. The van der Waals surface area contributed by atoms with Gasteiger partial charge in [-0.3, -0.25) is 0 Å². The Morgan fingerprint density at radius 3 is 2.57 bits per heavy atom. The Kier molecular flexibility index (Phi) is 3.18. The van der Waals surface area contributed by atoms with Crippen LogP contribution in [0.25, 0.3) is 0 Å². The number of hydrogen-bond donors (Lipinski definition) is 0. The van der Waals surface area contributed by atoms with Gasteiger partial charge in [-0.15, -0.1) is 0 Å². The molecule has 1 fully saturated rings. The summed E-state index contributed by atoms with van der Waals surface area (Å²) in [5, 5.41) is 0.816. The number of alkyl halides is 1. The Bertz CT molecular complexity index is 307. The minimum atomic E-state index is 0.518. The second kappa shape index (κ2) is 4.24. The molecule has 2 heteroatoms. The van der Waals surface area contributed by atoms with Crippen molar-refractivity contribution in [2.75, 3.05) is 0 Å². The second-order valence-electron chi connectivity index (χ2n) is 4.02. The van der Waals surface area contributed by atoms with Crippen molar-refractivity contribution in [3.8, 4) is 0 Å². The zero-order valence-electron chi connectivity index (χ0n) is 8.21. The molecule has 3 atom stereocenters. The van der Waals surface area contributed by atoms with Gasteiger partial charge in [0.25, 0.3) is 0 Å². The molecule has 76 valence electrons. The smallest absolute Gasteiger partial charge is 0.0426 e. The third-order valence-electron chi connectivity index (χ3n) is 3.07. The van der Waals surface area contributed by atoms with Gasteiger partial charge in [0.2, 0.25) is 0 Å². The number of rotatable bonds is 3. The van der Waals surface area contributed by atoms with Crippen molar-refractivity contribution < 1.29 is 0 Å². The van der Waals surface area contributed by atoms with E-state index < -0.39 is 0 Å². The monoisotopic (exact) mass is 272 g/mol. The average molecular weight is 274 g/mol. The van der Waals surface area contributed by atoms with E-state index in [-0.39, 0.29) is 0 Å². The van der Waals surface area contributed by atoms with Gasteiger partial charge in [-0.05, 0) is 36.0 Å². The van der Waals surface area contributed by atoms with Crippen LogP contribution >= 0.6 is 27.5 Å². The SMILES string of the molecule is CCC1CC1C(Br)c1ccc(Cl)cc1. The van der Waals surface area contributed by atoms with Crippen LogP contribution < -0.4 is 0 Å². The van der Waals surface area contributed by atoms with E-state index in [1.54, 1.807) is 0 Å². The van der Waals surface area contributed by atoms with Gasteiger partial charge in [-0.25, -0.2) is 0 Å². The Morgan fingerprint density at radius 1 is 1.43 bits per heavy atom. The molecule has 1 aromatic carbocycles. The molecule has 0 heterocycles. The minimum absolute atomic E-state index is 0.518. The van der Waals surface area contributed by atoms with E-state index in [4.69, 9.17) is 11.6 Å². The first-order valence-corrected chi connectivity index (χ1v) is 6.41. The van der Waals surface area contributed by atoms with Gasteiger partial charge in [-0.1, -0.05) is 53.0 Å². The Balaban J connectivity index is 2.05. The Hall–Kier alpha value is -0.0100. The summed E-state index contributed by atoms with van der Waals surface area (Å²) in [5.41, 5.74) is 1.36. The van der Waals surface area contributed by atoms with Crippen molar-refractivity contribution in [2.24, 2.45) is 11.8 Å². The highest BCUT2D eigenvalue weighted by atomic mass is 79.9. The van der Waals surface area contributed by atoms with Gasteiger partial charge in [0.1, 0.15) is 0 Å². The van der Waals surface area contributed by atoms with Gasteiger partial charge >= 0.3 is 0 Å². The van der Waals surface area contributed by atoms with Crippen molar-refractivity contribution in [1.82, 2.24) is 0 Å². The van der Waals surface area contributed by atoms with Crippen LogP contribution in [0.3, 0.4) is 0 Å². The Labute approximate surface area is 98.8 Å². The van der Waals surface area contributed by atoms with Crippen LogP contribution in [0.5, 0.6) is 0 Å². The second-order valence-corrected chi connectivity index (χ2v) is 5.44. The molecule has 0 aromatic heterocycles. The molecule has 14 heavy (non-hydrogen) atoms. The fraction of sp³-hybridized carbons (Fsp3) is 0.500. The van der Waals surface area contributed by atoms with Crippen molar-refractivity contribution >= 4 is 27.5 Å². The first kappa shape index (κ1) is 10.5. The van der Waals surface area contributed by atoms with Crippen LogP contribution in [0.1, 0.15) is 30.2 Å². The van der Waals surface area contributed by atoms with Crippen LogP contribution in [-0.2, 0) is 0 Å². The van der Waals surface area contributed by atoms with E-state index in [0.29, 0.717) is 4.83 Å². The van der Waals surface area contributed by atoms with E-state index in [1.165, 1.54) is 18.4 Å². The topological polar surface area (TPSA) is 0 Å². The summed E-state index contributed by atoms with van der Waals surface area (Å²) in [6.45, 7) is 2.27. The summed E-state index contributed by atoms with van der Waals surface area (Å²) in [5.74, 6) is 1.76. The predicted octanol–water partition coefficient (Wildman–Crippen LogP) is 4.82. The summed E-state index contributed by atoms with van der Waals surface area (Å²) in [4.78, 5) is 0.518. The highest BCUT2D eigenvalue weighted by molar-refractivity contribution is 9.09. The maximum absolute atomic E-state index is 5.85. The number of halogens is 2. The lowest BCUT2D eigenvalue weighted by atomic mass is 10.1. The van der Waals surface area contributed by atoms with Gasteiger partial charge in [-0.2, -0.15) is 0 Å². The fourth-order valence-electron chi connectivity index (χ4n) is 1.99. The third kappa shape index (κ3) is 2.14. The maximum atomic E-state index is 5.85. The molecular weight excluding hydrogens is 259 g/mol. The van der Waals surface area contributed by atoms with Crippen LogP contribution in [-0.4, -0.2) is 0 Å². The fourth-order valence-corrected chi connectivity index (χ4v) is 3.07. The summed E-state index contributed by atoms with van der Waals surface area (Å²) in [6.07, 6.45) is 2.68. The number of benzene rings is 1. The lowest BCUT2D eigenvalue weighted by Crippen LogP contribution is -1.93. The molecule has 1 saturated carbocycles. The summed E-state index contributed by atoms with van der Waals surface area (Å²) in [6, 6.07) is 8.17. The van der Waals surface area contributed by atoms with Crippen LogP contribution in [0.4, 0.5) is 0 Å². The van der Waals surface area contributed by atoms with Crippen molar-refractivity contribution in [1.29, 1.82) is 0 Å². The first-order chi connectivity index (χ1) is 6.72. The summed E-state index contributed by atoms with van der Waals surface area (Å²) < 4.78 is 0. The largest absolute Gasteiger partial charge is 0.0843 e. The molecule has 0 N–H and O–H groups in total. The van der Waals surface area contributed by atoms with E-state index in [0.717, 1.165) is 16.9 Å².